The lowest BCUT2D eigenvalue weighted by atomic mass is 9.96. The predicted molar refractivity (Wildman–Crippen MR) is 110 cm³/mol. The summed E-state index contributed by atoms with van der Waals surface area (Å²) in [6, 6.07) is 7.10. The average Bonchev–Trinajstić information content (AvgIpc) is 3.14. The highest BCUT2D eigenvalue weighted by molar-refractivity contribution is 7.89. The fourth-order valence-electron chi connectivity index (χ4n) is 4.34. The highest BCUT2D eigenvalue weighted by Gasteiger charge is 2.28. The molecule has 2 heterocycles. The molecule has 0 unspecified atom stereocenters. The second-order valence-corrected chi connectivity index (χ2v) is 10.2. The minimum Gasteiger partial charge on any atom is -0.493 e. The van der Waals surface area contributed by atoms with Crippen LogP contribution in [0, 0.1) is 5.92 Å². The van der Waals surface area contributed by atoms with E-state index in [0.29, 0.717) is 25.0 Å². The summed E-state index contributed by atoms with van der Waals surface area (Å²) in [7, 11) is -3.03. The molecule has 0 saturated carbocycles. The van der Waals surface area contributed by atoms with E-state index in [2.05, 4.69) is 36.9 Å². The number of hydrogen-bond donors (Lipinski definition) is 0. The van der Waals surface area contributed by atoms with Crippen molar-refractivity contribution in [2.45, 2.75) is 52.5 Å². The molecule has 1 atom stereocenters. The molecule has 0 aliphatic carbocycles. The zero-order valence-electron chi connectivity index (χ0n) is 17.0. The van der Waals surface area contributed by atoms with Gasteiger partial charge in [0.05, 0.1) is 12.4 Å². The Bertz CT molecular complexity index is 727. The lowest BCUT2D eigenvalue weighted by Crippen LogP contribution is -2.44. The number of fused-ring (bicyclic) bond motifs is 1. The van der Waals surface area contributed by atoms with Gasteiger partial charge in [0.1, 0.15) is 5.75 Å². The summed E-state index contributed by atoms with van der Waals surface area (Å²) in [6.45, 7) is 10.5. The summed E-state index contributed by atoms with van der Waals surface area (Å²) in [5, 5.41) is 0. The van der Waals surface area contributed by atoms with E-state index in [0.717, 1.165) is 51.1 Å². The van der Waals surface area contributed by atoms with Crippen molar-refractivity contribution in [2.75, 3.05) is 38.5 Å². The fraction of sp³-hybridized carbons (Fsp3) is 0.714. The van der Waals surface area contributed by atoms with E-state index in [1.54, 1.807) is 11.2 Å². The number of rotatable bonds is 8. The Kier molecular flexibility index (Phi) is 6.82. The summed E-state index contributed by atoms with van der Waals surface area (Å²) in [6.07, 6.45) is 4.01. The number of benzene rings is 1. The molecule has 0 amide bonds. The molecule has 1 aromatic rings. The first-order valence-electron chi connectivity index (χ1n) is 10.4. The van der Waals surface area contributed by atoms with Crippen LogP contribution in [0.25, 0.3) is 0 Å². The van der Waals surface area contributed by atoms with Crippen molar-refractivity contribution in [3.63, 3.8) is 0 Å². The Balaban J connectivity index is 1.53. The minimum absolute atomic E-state index is 0.210. The molecule has 152 valence electrons. The van der Waals surface area contributed by atoms with E-state index in [1.165, 1.54) is 11.1 Å². The van der Waals surface area contributed by atoms with Crippen LogP contribution in [0.15, 0.2) is 18.2 Å². The van der Waals surface area contributed by atoms with Crippen molar-refractivity contribution >= 4 is 10.0 Å². The molecule has 5 nitrogen and oxygen atoms in total. The van der Waals surface area contributed by atoms with Gasteiger partial charge in [-0.05, 0) is 62.8 Å². The predicted octanol–water partition coefficient (Wildman–Crippen LogP) is 2.94. The van der Waals surface area contributed by atoms with Crippen LogP contribution < -0.4 is 4.74 Å². The molecule has 2 aliphatic heterocycles. The third kappa shape index (κ3) is 5.04. The maximum absolute atomic E-state index is 12.0. The van der Waals surface area contributed by atoms with E-state index < -0.39 is 10.0 Å². The van der Waals surface area contributed by atoms with Crippen molar-refractivity contribution in [1.82, 2.24) is 9.21 Å². The second kappa shape index (κ2) is 8.93. The summed E-state index contributed by atoms with van der Waals surface area (Å²) in [5.74, 6) is 1.85. The number of nitrogens with zero attached hydrogens (tertiary/aromatic N) is 2. The van der Waals surface area contributed by atoms with Gasteiger partial charge in [0, 0.05) is 32.1 Å². The van der Waals surface area contributed by atoms with Gasteiger partial charge in [0.25, 0.3) is 0 Å². The summed E-state index contributed by atoms with van der Waals surface area (Å²) >= 11 is 0. The zero-order valence-corrected chi connectivity index (χ0v) is 17.8. The molecule has 0 bridgehead atoms. The molecule has 0 N–H and O–H groups in total. The van der Waals surface area contributed by atoms with Crippen LogP contribution in [0.2, 0.25) is 0 Å². The Morgan fingerprint density at radius 1 is 1.26 bits per heavy atom. The summed E-state index contributed by atoms with van der Waals surface area (Å²) in [4.78, 5) is 2.55. The van der Waals surface area contributed by atoms with E-state index in [1.807, 2.05) is 0 Å². The number of hydrogen-bond acceptors (Lipinski definition) is 4. The lowest BCUT2D eigenvalue weighted by Gasteiger charge is -2.36. The molecule has 1 saturated heterocycles. The molecule has 3 rings (SSSR count). The standard InChI is InChI=1S/C21H34N2O3S/c1-4-22(16-18-8-11-23(12-9-18)27(24,25)5-2)17(3)14-19-6-7-21-20(15-19)10-13-26-21/h6-7,15,17-18H,4-5,8-14,16H2,1-3H3/t17-/m0/s1. The molecular formula is C21H34N2O3S. The van der Waals surface area contributed by atoms with Gasteiger partial charge in [0.15, 0.2) is 0 Å². The van der Waals surface area contributed by atoms with Crippen LogP contribution >= 0.6 is 0 Å². The molecule has 6 heteroatoms. The van der Waals surface area contributed by atoms with E-state index >= 15 is 0 Å². The summed E-state index contributed by atoms with van der Waals surface area (Å²) < 4.78 is 31.4. The molecule has 27 heavy (non-hydrogen) atoms. The average molecular weight is 395 g/mol. The normalized spacial score (nSPS) is 19.9. The molecule has 2 aliphatic rings. The summed E-state index contributed by atoms with van der Waals surface area (Å²) in [5.41, 5.74) is 2.72. The first kappa shape index (κ1) is 20.6. The van der Waals surface area contributed by atoms with Crippen LogP contribution in [-0.4, -0.2) is 62.2 Å². The van der Waals surface area contributed by atoms with Gasteiger partial charge in [-0.25, -0.2) is 12.7 Å². The van der Waals surface area contributed by atoms with Crippen molar-refractivity contribution in [2.24, 2.45) is 5.92 Å². The fourth-order valence-corrected chi connectivity index (χ4v) is 5.47. The highest BCUT2D eigenvalue weighted by atomic mass is 32.2. The topological polar surface area (TPSA) is 49.9 Å². The van der Waals surface area contributed by atoms with Gasteiger partial charge in [-0.2, -0.15) is 0 Å². The largest absolute Gasteiger partial charge is 0.493 e. The zero-order chi connectivity index (χ0) is 19.4. The van der Waals surface area contributed by atoms with Gasteiger partial charge < -0.3 is 9.64 Å². The Labute approximate surface area is 164 Å². The van der Waals surface area contributed by atoms with Crippen molar-refractivity contribution in [3.8, 4) is 5.75 Å². The van der Waals surface area contributed by atoms with Crippen molar-refractivity contribution in [3.05, 3.63) is 29.3 Å². The van der Waals surface area contributed by atoms with Gasteiger partial charge in [0.2, 0.25) is 10.0 Å². The van der Waals surface area contributed by atoms with Gasteiger partial charge >= 0.3 is 0 Å². The molecule has 1 aromatic carbocycles. The maximum atomic E-state index is 12.0. The van der Waals surface area contributed by atoms with Gasteiger partial charge in [-0.3, -0.25) is 0 Å². The van der Waals surface area contributed by atoms with Gasteiger partial charge in [-0.15, -0.1) is 0 Å². The van der Waals surface area contributed by atoms with E-state index in [4.69, 9.17) is 4.74 Å². The van der Waals surface area contributed by atoms with Gasteiger partial charge in [-0.1, -0.05) is 19.1 Å². The molecule has 0 radical (unpaired) electrons. The first-order chi connectivity index (χ1) is 12.9. The Morgan fingerprint density at radius 2 is 2.00 bits per heavy atom. The third-order valence-corrected chi connectivity index (χ3v) is 8.02. The smallest absolute Gasteiger partial charge is 0.213 e. The third-order valence-electron chi connectivity index (χ3n) is 6.14. The molecule has 0 aromatic heterocycles. The number of ether oxygens (including phenoxy) is 1. The van der Waals surface area contributed by atoms with Crippen LogP contribution in [0.5, 0.6) is 5.75 Å². The van der Waals surface area contributed by atoms with Crippen LogP contribution in [0.4, 0.5) is 0 Å². The minimum atomic E-state index is -3.03. The van der Waals surface area contributed by atoms with Crippen LogP contribution in [0.3, 0.4) is 0 Å². The Hall–Kier alpha value is -1.11. The Morgan fingerprint density at radius 3 is 2.67 bits per heavy atom. The number of likely N-dealkylation sites (N-methyl/N-ethyl adjacent to an activating group) is 1. The highest BCUT2D eigenvalue weighted by Crippen LogP contribution is 2.27. The van der Waals surface area contributed by atoms with Crippen LogP contribution in [-0.2, 0) is 22.9 Å². The number of sulfonamides is 1. The maximum Gasteiger partial charge on any atom is 0.213 e. The van der Waals surface area contributed by atoms with Crippen molar-refractivity contribution in [1.29, 1.82) is 0 Å². The lowest BCUT2D eigenvalue weighted by molar-refractivity contribution is 0.152. The van der Waals surface area contributed by atoms with Crippen molar-refractivity contribution < 1.29 is 13.2 Å². The van der Waals surface area contributed by atoms with E-state index in [-0.39, 0.29) is 5.75 Å². The van der Waals surface area contributed by atoms with E-state index in [9.17, 15) is 8.42 Å². The van der Waals surface area contributed by atoms with Crippen LogP contribution in [0.1, 0.15) is 44.7 Å². The molecule has 0 spiro atoms. The monoisotopic (exact) mass is 394 g/mol. The first-order valence-corrected chi connectivity index (χ1v) is 12.0. The SMILES string of the molecule is CCN(CC1CCN(S(=O)(=O)CC)CC1)[C@@H](C)Cc1ccc2c(c1)CCO2. The molecular weight excluding hydrogens is 360 g/mol. The number of piperidine rings is 1. The molecule has 1 fully saturated rings. The second-order valence-electron chi connectivity index (χ2n) is 7.92. The quantitative estimate of drug-likeness (QED) is 0.680.